The Kier molecular flexibility index (Phi) is 5.41. The second-order valence-electron chi connectivity index (χ2n) is 7.25. The standard InChI is InChI=1S/C22H23NO2Si/c1-26(2,3)25-22(15-23)20-13-18-11-7-8-12-19(18)14-21(20)24-16-17-9-5-4-6-10-17/h4-14,22H,16H2,1-3H3. The second-order valence-corrected chi connectivity index (χ2v) is 11.7. The van der Waals surface area contributed by atoms with E-state index in [1.165, 1.54) is 0 Å². The van der Waals surface area contributed by atoms with Crippen molar-refractivity contribution in [3.8, 4) is 11.8 Å². The highest BCUT2D eigenvalue weighted by Gasteiger charge is 2.25. The van der Waals surface area contributed by atoms with Gasteiger partial charge in [-0.05, 0) is 48.1 Å². The summed E-state index contributed by atoms with van der Waals surface area (Å²) in [4.78, 5) is 0. The van der Waals surface area contributed by atoms with Crippen molar-refractivity contribution in [1.29, 1.82) is 5.26 Å². The molecule has 0 fully saturated rings. The first kappa shape index (κ1) is 18.2. The fourth-order valence-corrected chi connectivity index (χ4v) is 3.70. The zero-order valence-electron chi connectivity index (χ0n) is 15.4. The van der Waals surface area contributed by atoms with Crippen LogP contribution in [0.1, 0.15) is 17.2 Å². The molecule has 1 atom stereocenters. The number of nitriles is 1. The molecule has 3 aromatic rings. The molecule has 0 aliphatic rings. The molecule has 0 aromatic heterocycles. The van der Waals surface area contributed by atoms with E-state index < -0.39 is 14.4 Å². The van der Waals surface area contributed by atoms with E-state index in [0.29, 0.717) is 12.4 Å². The minimum absolute atomic E-state index is 0.456. The van der Waals surface area contributed by atoms with Gasteiger partial charge in [-0.1, -0.05) is 54.6 Å². The van der Waals surface area contributed by atoms with Crippen LogP contribution in [0, 0.1) is 11.3 Å². The lowest BCUT2D eigenvalue weighted by Gasteiger charge is -2.24. The fraction of sp³-hybridized carbons (Fsp3) is 0.227. The summed E-state index contributed by atoms with van der Waals surface area (Å²) < 4.78 is 12.2. The van der Waals surface area contributed by atoms with E-state index in [9.17, 15) is 5.26 Å². The largest absolute Gasteiger partial charge is 0.488 e. The van der Waals surface area contributed by atoms with Crippen molar-refractivity contribution in [3.63, 3.8) is 0 Å². The van der Waals surface area contributed by atoms with Crippen LogP contribution < -0.4 is 4.74 Å². The SMILES string of the molecule is C[Si](C)(C)OC(C#N)c1cc2ccccc2cc1OCc1ccccc1. The lowest BCUT2D eigenvalue weighted by atomic mass is 10.0. The van der Waals surface area contributed by atoms with Crippen LogP contribution in [0.4, 0.5) is 0 Å². The first-order valence-corrected chi connectivity index (χ1v) is 12.1. The van der Waals surface area contributed by atoms with Gasteiger partial charge in [0.2, 0.25) is 0 Å². The summed E-state index contributed by atoms with van der Waals surface area (Å²) in [6, 6.07) is 24.5. The Bertz CT molecular complexity index is 926. The van der Waals surface area contributed by atoms with Gasteiger partial charge in [0, 0.05) is 5.56 Å². The molecule has 0 amide bonds. The predicted molar refractivity (Wildman–Crippen MR) is 108 cm³/mol. The Labute approximate surface area is 155 Å². The third kappa shape index (κ3) is 4.51. The van der Waals surface area contributed by atoms with Gasteiger partial charge in [0.1, 0.15) is 12.4 Å². The van der Waals surface area contributed by atoms with Gasteiger partial charge in [-0.3, -0.25) is 0 Å². The molecule has 0 N–H and O–H groups in total. The molecule has 3 rings (SSSR count). The molecular formula is C22H23NO2Si. The van der Waals surface area contributed by atoms with Crippen molar-refractivity contribution in [2.45, 2.75) is 32.4 Å². The highest BCUT2D eigenvalue weighted by Crippen LogP contribution is 2.34. The molecule has 0 spiro atoms. The predicted octanol–water partition coefficient (Wildman–Crippen LogP) is 5.83. The van der Waals surface area contributed by atoms with Crippen molar-refractivity contribution in [2.75, 3.05) is 0 Å². The zero-order valence-corrected chi connectivity index (χ0v) is 16.4. The van der Waals surface area contributed by atoms with Crippen LogP contribution >= 0.6 is 0 Å². The minimum Gasteiger partial charge on any atom is -0.488 e. The molecule has 3 nitrogen and oxygen atoms in total. The Hall–Kier alpha value is -2.61. The molecule has 4 heteroatoms. The maximum Gasteiger partial charge on any atom is 0.186 e. The van der Waals surface area contributed by atoms with E-state index in [-0.39, 0.29) is 0 Å². The van der Waals surface area contributed by atoms with E-state index in [1.54, 1.807) is 0 Å². The average molecular weight is 362 g/mol. The van der Waals surface area contributed by atoms with Crippen LogP contribution in [0.3, 0.4) is 0 Å². The molecule has 1 unspecified atom stereocenters. The Morgan fingerprint density at radius 2 is 1.54 bits per heavy atom. The first-order chi connectivity index (χ1) is 12.5. The highest BCUT2D eigenvalue weighted by atomic mass is 28.4. The Morgan fingerprint density at radius 1 is 0.923 bits per heavy atom. The van der Waals surface area contributed by atoms with Crippen LogP contribution in [-0.2, 0) is 11.0 Å². The topological polar surface area (TPSA) is 42.2 Å². The van der Waals surface area contributed by atoms with Crippen molar-refractivity contribution in [1.82, 2.24) is 0 Å². The van der Waals surface area contributed by atoms with Crippen LogP contribution in [-0.4, -0.2) is 8.32 Å². The lowest BCUT2D eigenvalue weighted by molar-refractivity contribution is 0.239. The minimum atomic E-state index is -1.88. The molecular weight excluding hydrogens is 338 g/mol. The van der Waals surface area contributed by atoms with Gasteiger partial charge in [0.15, 0.2) is 14.4 Å². The Balaban J connectivity index is 1.99. The van der Waals surface area contributed by atoms with Crippen LogP contribution in [0.25, 0.3) is 10.8 Å². The van der Waals surface area contributed by atoms with Gasteiger partial charge in [0.05, 0.1) is 6.07 Å². The van der Waals surface area contributed by atoms with Gasteiger partial charge < -0.3 is 9.16 Å². The maximum absolute atomic E-state index is 9.72. The number of rotatable bonds is 6. The number of nitrogens with zero attached hydrogens (tertiary/aromatic N) is 1. The van der Waals surface area contributed by atoms with Crippen molar-refractivity contribution < 1.29 is 9.16 Å². The van der Waals surface area contributed by atoms with Gasteiger partial charge in [-0.25, -0.2) is 0 Å². The summed E-state index contributed by atoms with van der Waals surface area (Å²) in [7, 11) is -1.88. The van der Waals surface area contributed by atoms with Gasteiger partial charge in [-0.15, -0.1) is 0 Å². The second kappa shape index (κ2) is 7.73. The van der Waals surface area contributed by atoms with Gasteiger partial charge in [-0.2, -0.15) is 5.26 Å². The molecule has 0 heterocycles. The summed E-state index contributed by atoms with van der Waals surface area (Å²) in [5.74, 6) is 0.706. The first-order valence-electron chi connectivity index (χ1n) is 8.73. The van der Waals surface area contributed by atoms with E-state index in [4.69, 9.17) is 9.16 Å². The average Bonchev–Trinajstić information content (AvgIpc) is 2.64. The van der Waals surface area contributed by atoms with E-state index >= 15 is 0 Å². The van der Waals surface area contributed by atoms with Crippen molar-refractivity contribution in [2.24, 2.45) is 0 Å². The molecule has 26 heavy (non-hydrogen) atoms. The number of benzene rings is 3. The third-order valence-corrected chi connectivity index (χ3v) is 4.93. The van der Waals surface area contributed by atoms with Crippen LogP contribution in [0.15, 0.2) is 66.7 Å². The van der Waals surface area contributed by atoms with Gasteiger partial charge >= 0.3 is 0 Å². The van der Waals surface area contributed by atoms with Crippen LogP contribution in [0.5, 0.6) is 5.75 Å². The molecule has 3 aromatic carbocycles. The third-order valence-electron chi connectivity index (χ3n) is 3.99. The molecule has 0 aliphatic heterocycles. The summed E-state index contributed by atoms with van der Waals surface area (Å²) in [6.07, 6.45) is -0.628. The van der Waals surface area contributed by atoms with Crippen molar-refractivity contribution >= 4 is 19.1 Å². The number of hydrogen-bond donors (Lipinski definition) is 0. The number of hydrogen-bond acceptors (Lipinski definition) is 3. The zero-order chi connectivity index (χ0) is 18.6. The fourth-order valence-electron chi connectivity index (χ4n) is 2.82. The van der Waals surface area contributed by atoms with Crippen LogP contribution in [0.2, 0.25) is 19.6 Å². The molecule has 0 radical (unpaired) electrons. The summed E-state index contributed by atoms with van der Waals surface area (Å²) in [5, 5.41) is 11.9. The normalized spacial score (nSPS) is 12.5. The van der Waals surface area contributed by atoms with E-state index in [1.807, 2.05) is 60.7 Å². The van der Waals surface area contributed by atoms with E-state index in [0.717, 1.165) is 21.9 Å². The summed E-state index contributed by atoms with van der Waals surface area (Å²) in [6.45, 7) is 6.71. The smallest absolute Gasteiger partial charge is 0.186 e. The molecule has 0 saturated heterocycles. The molecule has 0 aliphatic carbocycles. The summed E-state index contributed by atoms with van der Waals surface area (Å²) >= 11 is 0. The Morgan fingerprint density at radius 3 is 2.15 bits per heavy atom. The highest BCUT2D eigenvalue weighted by molar-refractivity contribution is 6.69. The number of ether oxygens (including phenoxy) is 1. The van der Waals surface area contributed by atoms with E-state index in [2.05, 4.69) is 31.8 Å². The van der Waals surface area contributed by atoms with Gasteiger partial charge in [0.25, 0.3) is 0 Å². The maximum atomic E-state index is 9.72. The molecule has 0 saturated carbocycles. The molecule has 0 bridgehead atoms. The lowest BCUT2D eigenvalue weighted by Crippen LogP contribution is -2.27. The monoisotopic (exact) mass is 361 g/mol. The summed E-state index contributed by atoms with van der Waals surface area (Å²) in [5.41, 5.74) is 1.88. The number of fused-ring (bicyclic) bond motifs is 1. The molecule has 132 valence electrons. The quantitative estimate of drug-likeness (QED) is 0.518. The van der Waals surface area contributed by atoms with Crippen molar-refractivity contribution in [3.05, 3.63) is 77.9 Å².